The van der Waals surface area contributed by atoms with Crippen LogP contribution in [0.25, 0.3) is 0 Å². The number of ketones is 2. The first-order chi connectivity index (χ1) is 12.9. The Kier molecular flexibility index (Phi) is 5.03. The maximum absolute atomic E-state index is 13.1. The molecule has 0 unspecified atom stereocenters. The van der Waals surface area contributed by atoms with Crippen molar-refractivity contribution in [2.45, 2.75) is 66.2 Å². The van der Waals surface area contributed by atoms with E-state index in [9.17, 15) is 19.8 Å². The summed E-state index contributed by atoms with van der Waals surface area (Å²) < 4.78 is 0. The molecule has 0 heterocycles. The molecule has 0 saturated carbocycles. The number of Topliss-reactive ketones (excluding diaryl/α,β-unsaturated/α-hetero) is 2. The molecule has 28 heavy (non-hydrogen) atoms. The van der Waals surface area contributed by atoms with Gasteiger partial charge in [0.25, 0.3) is 0 Å². The molecule has 0 saturated heterocycles. The number of allylic oxidation sites excluding steroid dienone is 4. The predicted molar refractivity (Wildman–Crippen MR) is 109 cm³/mol. The Morgan fingerprint density at radius 2 is 1.21 bits per heavy atom. The third-order valence-electron chi connectivity index (χ3n) is 5.87. The number of hydrogen-bond acceptors (Lipinski definition) is 4. The summed E-state index contributed by atoms with van der Waals surface area (Å²) in [5, 5.41) is 21.7. The van der Waals surface area contributed by atoms with Gasteiger partial charge in [0.1, 0.15) is 11.5 Å². The van der Waals surface area contributed by atoms with Crippen LogP contribution in [0.1, 0.15) is 70.4 Å². The molecule has 150 valence electrons. The van der Waals surface area contributed by atoms with Crippen LogP contribution in [0.15, 0.2) is 46.9 Å². The van der Waals surface area contributed by atoms with Gasteiger partial charge in [-0.3, -0.25) is 9.59 Å². The van der Waals surface area contributed by atoms with E-state index in [-0.39, 0.29) is 45.1 Å². The van der Waals surface area contributed by atoms with Crippen LogP contribution in [-0.4, -0.2) is 21.8 Å². The molecule has 4 heteroatoms. The summed E-state index contributed by atoms with van der Waals surface area (Å²) in [6, 6.07) is 7.56. The van der Waals surface area contributed by atoms with E-state index >= 15 is 0 Å². The highest BCUT2D eigenvalue weighted by Crippen LogP contribution is 2.48. The molecule has 0 amide bonds. The summed E-state index contributed by atoms with van der Waals surface area (Å²) >= 11 is 0. The average Bonchev–Trinajstić information content (AvgIpc) is 2.50. The van der Waals surface area contributed by atoms with Gasteiger partial charge in [0.15, 0.2) is 11.6 Å². The second-order valence-corrected chi connectivity index (χ2v) is 9.89. The summed E-state index contributed by atoms with van der Waals surface area (Å²) in [5.74, 6) is -0.965. The maximum Gasteiger partial charge on any atom is 0.163 e. The molecular formula is C24H30O4. The summed E-state index contributed by atoms with van der Waals surface area (Å²) in [5.41, 5.74) is 1.59. The van der Waals surface area contributed by atoms with E-state index in [1.807, 2.05) is 58.9 Å². The van der Waals surface area contributed by atoms with E-state index in [0.717, 1.165) is 11.1 Å². The normalized spacial score (nSPS) is 22.2. The monoisotopic (exact) mass is 382 g/mol. The van der Waals surface area contributed by atoms with E-state index in [2.05, 4.69) is 0 Å². The third-order valence-corrected chi connectivity index (χ3v) is 5.87. The Balaban J connectivity index is 2.25. The minimum absolute atomic E-state index is 0.0347. The highest BCUT2D eigenvalue weighted by atomic mass is 16.3. The summed E-state index contributed by atoms with van der Waals surface area (Å²) in [6.45, 7) is 9.72. The Morgan fingerprint density at radius 1 is 0.786 bits per heavy atom. The lowest BCUT2D eigenvalue weighted by Crippen LogP contribution is -2.33. The van der Waals surface area contributed by atoms with Crippen LogP contribution in [0.4, 0.5) is 0 Å². The first kappa shape index (κ1) is 20.4. The van der Waals surface area contributed by atoms with E-state index in [1.165, 1.54) is 0 Å². The molecule has 4 nitrogen and oxygen atoms in total. The fourth-order valence-electron chi connectivity index (χ4n) is 4.62. The van der Waals surface area contributed by atoms with Gasteiger partial charge in [-0.25, -0.2) is 0 Å². The number of aliphatic hydroxyl groups excluding tert-OH is 2. The number of benzene rings is 1. The quantitative estimate of drug-likeness (QED) is 0.726. The first-order valence-electron chi connectivity index (χ1n) is 9.88. The topological polar surface area (TPSA) is 74.6 Å². The molecule has 3 rings (SSSR count). The molecule has 0 fully saturated rings. The number of hydrogen-bond donors (Lipinski definition) is 2. The van der Waals surface area contributed by atoms with Gasteiger partial charge < -0.3 is 10.2 Å². The minimum Gasteiger partial charge on any atom is -0.512 e. The Hall–Kier alpha value is -2.36. The molecular weight excluding hydrogens is 352 g/mol. The van der Waals surface area contributed by atoms with Crippen molar-refractivity contribution >= 4 is 11.6 Å². The lowest BCUT2D eigenvalue weighted by molar-refractivity contribution is -0.119. The molecule has 0 radical (unpaired) electrons. The van der Waals surface area contributed by atoms with Crippen molar-refractivity contribution in [3.8, 4) is 0 Å². The number of aryl methyl sites for hydroxylation is 1. The van der Waals surface area contributed by atoms with Crippen molar-refractivity contribution in [2.24, 2.45) is 10.8 Å². The number of aliphatic hydroxyl groups is 2. The highest BCUT2D eigenvalue weighted by Gasteiger charge is 2.43. The number of carbonyl (C=O) groups is 2. The second kappa shape index (κ2) is 6.91. The van der Waals surface area contributed by atoms with Crippen LogP contribution in [0, 0.1) is 17.8 Å². The fourth-order valence-corrected chi connectivity index (χ4v) is 4.62. The van der Waals surface area contributed by atoms with E-state index in [4.69, 9.17) is 0 Å². The van der Waals surface area contributed by atoms with Gasteiger partial charge in [0, 0.05) is 42.7 Å². The van der Waals surface area contributed by atoms with Gasteiger partial charge in [0.05, 0.1) is 0 Å². The van der Waals surface area contributed by atoms with Gasteiger partial charge in [-0.05, 0) is 28.9 Å². The van der Waals surface area contributed by atoms with Crippen molar-refractivity contribution < 1.29 is 19.8 Å². The molecule has 1 aromatic rings. The van der Waals surface area contributed by atoms with Crippen LogP contribution in [0.2, 0.25) is 0 Å². The molecule has 0 aromatic heterocycles. The van der Waals surface area contributed by atoms with Crippen LogP contribution in [-0.2, 0) is 9.59 Å². The van der Waals surface area contributed by atoms with Gasteiger partial charge in [-0.1, -0.05) is 52.0 Å². The third kappa shape index (κ3) is 3.78. The summed E-state index contributed by atoms with van der Waals surface area (Å²) in [6.07, 6.45) is 1.37. The molecule has 1 aromatic carbocycles. The lowest BCUT2D eigenvalue weighted by Gasteiger charge is -2.37. The van der Waals surface area contributed by atoms with Crippen molar-refractivity contribution in [3.05, 3.63) is 58.1 Å². The van der Waals surface area contributed by atoms with Crippen molar-refractivity contribution in [2.75, 3.05) is 0 Å². The smallest absolute Gasteiger partial charge is 0.163 e. The zero-order valence-corrected chi connectivity index (χ0v) is 17.4. The highest BCUT2D eigenvalue weighted by molar-refractivity contribution is 6.05. The average molecular weight is 383 g/mol. The molecule has 0 atom stereocenters. The number of rotatable bonds is 3. The molecule has 2 N–H and O–H groups in total. The number of carbonyl (C=O) groups excluding carboxylic acids is 2. The Morgan fingerprint density at radius 3 is 1.61 bits per heavy atom. The predicted octanol–water partition coefficient (Wildman–Crippen LogP) is 5.48. The fraction of sp³-hybridized carbons (Fsp3) is 0.500. The van der Waals surface area contributed by atoms with E-state index < -0.39 is 5.92 Å². The van der Waals surface area contributed by atoms with Crippen LogP contribution in [0.5, 0.6) is 0 Å². The van der Waals surface area contributed by atoms with Gasteiger partial charge in [-0.15, -0.1) is 0 Å². The minimum atomic E-state index is -0.728. The van der Waals surface area contributed by atoms with E-state index in [1.54, 1.807) is 0 Å². The first-order valence-corrected chi connectivity index (χ1v) is 9.88. The zero-order chi connectivity index (χ0) is 20.9. The van der Waals surface area contributed by atoms with Gasteiger partial charge >= 0.3 is 0 Å². The molecule has 0 spiro atoms. The van der Waals surface area contributed by atoms with E-state index in [0.29, 0.717) is 25.7 Å². The lowest BCUT2D eigenvalue weighted by atomic mass is 9.66. The van der Waals surface area contributed by atoms with Gasteiger partial charge in [-0.2, -0.15) is 0 Å². The molecule has 2 aliphatic carbocycles. The largest absolute Gasteiger partial charge is 0.512 e. The SMILES string of the molecule is Cc1ccccc1C(C1=C(O)CC(C)(C)CC1=O)C1=C(O)CC(C)(C)CC1=O. The Bertz CT molecular complexity index is 847. The molecule has 0 bridgehead atoms. The summed E-state index contributed by atoms with van der Waals surface area (Å²) in [7, 11) is 0. The Labute approximate surface area is 167 Å². The standard InChI is InChI=1S/C24H30O4/c1-14-8-6-7-9-15(14)20(21-16(25)10-23(2,3)11-17(21)26)22-18(27)12-24(4,5)13-19(22)28/h6-9,20,25,27H,10-13H2,1-5H3. The molecule has 2 aliphatic rings. The van der Waals surface area contributed by atoms with Crippen LogP contribution in [0.3, 0.4) is 0 Å². The van der Waals surface area contributed by atoms with Crippen LogP contribution >= 0.6 is 0 Å². The summed E-state index contributed by atoms with van der Waals surface area (Å²) in [4.78, 5) is 26.2. The van der Waals surface area contributed by atoms with Gasteiger partial charge in [0.2, 0.25) is 0 Å². The zero-order valence-electron chi connectivity index (χ0n) is 17.4. The van der Waals surface area contributed by atoms with Crippen LogP contribution < -0.4 is 0 Å². The molecule has 0 aliphatic heterocycles. The maximum atomic E-state index is 13.1. The van der Waals surface area contributed by atoms with Crippen molar-refractivity contribution in [3.63, 3.8) is 0 Å². The second-order valence-electron chi connectivity index (χ2n) is 9.89. The van der Waals surface area contributed by atoms with Crippen molar-refractivity contribution in [1.82, 2.24) is 0 Å². The van der Waals surface area contributed by atoms with Crippen molar-refractivity contribution in [1.29, 1.82) is 0 Å².